The summed E-state index contributed by atoms with van der Waals surface area (Å²) in [6.07, 6.45) is 1.87. The molecule has 2 atom stereocenters. The van der Waals surface area contributed by atoms with Crippen molar-refractivity contribution < 1.29 is 13.2 Å². The first kappa shape index (κ1) is 22.9. The number of sulfonamides is 1. The summed E-state index contributed by atoms with van der Waals surface area (Å²) in [7, 11) is -2.01. The average Bonchev–Trinajstić information content (AvgIpc) is 2.61. The fourth-order valence-corrected chi connectivity index (χ4v) is 4.95. The Bertz CT molecular complexity index is 711. The van der Waals surface area contributed by atoms with Crippen LogP contribution in [-0.4, -0.2) is 62.3 Å². The molecular weight excluding hydrogens is 374 g/mol. The van der Waals surface area contributed by atoms with E-state index in [0.29, 0.717) is 19.6 Å². The van der Waals surface area contributed by atoms with Crippen molar-refractivity contribution in [2.45, 2.75) is 50.6 Å². The summed E-state index contributed by atoms with van der Waals surface area (Å²) >= 11 is 0. The SMILES string of the molecule is CCCCN(C)C(=O)c1ccccc1S(=O)(=O)N1CCNC(C)C1C.Cl. The number of rotatable bonds is 6. The lowest BCUT2D eigenvalue weighted by atomic mass is 10.1. The number of nitrogens with zero attached hydrogens (tertiary/aromatic N) is 2. The van der Waals surface area contributed by atoms with Crippen LogP contribution in [0.1, 0.15) is 44.0 Å². The molecule has 1 aliphatic heterocycles. The number of carbonyl (C=O) groups excluding carboxylic acids is 1. The molecule has 1 fully saturated rings. The van der Waals surface area contributed by atoms with Crippen molar-refractivity contribution in [3.05, 3.63) is 29.8 Å². The van der Waals surface area contributed by atoms with Gasteiger partial charge in [0.05, 0.1) is 10.5 Å². The van der Waals surface area contributed by atoms with Gasteiger partial charge in [-0.3, -0.25) is 4.79 Å². The first-order valence-electron chi connectivity index (χ1n) is 8.90. The molecule has 0 spiro atoms. The Kier molecular flexibility index (Phi) is 8.53. The van der Waals surface area contributed by atoms with Gasteiger partial charge in [0.2, 0.25) is 10.0 Å². The van der Waals surface area contributed by atoms with E-state index in [1.165, 1.54) is 10.4 Å². The van der Waals surface area contributed by atoms with E-state index in [-0.39, 0.29) is 40.9 Å². The largest absolute Gasteiger partial charge is 0.342 e. The summed E-state index contributed by atoms with van der Waals surface area (Å²) in [6, 6.07) is 6.43. The van der Waals surface area contributed by atoms with Crippen LogP contribution in [0.3, 0.4) is 0 Å². The fraction of sp³-hybridized carbons (Fsp3) is 0.611. The van der Waals surface area contributed by atoms with Crippen LogP contribution in [0.4, 0.5) is 0 Å². The molecule has 0 aromatic heterocycles. The van der Waals surface area contributed by atoms with Crippen LogP contribution in [-0.2, 0) is 10.0 Å². The number of nitrogens with one attached hydrogen (secondary N) is 1. The van der Waals surface area contributed by atoms with Gasteiger partial charge in [0.25, 0.3) is 5.91 Å². The van der Waals surface area contributed by atoms with Crippen molar-refractivity contribution in [2.75, 3.05) is 26.7 Å². The number of benzene rings is 1. The highest BCUT2D eigenvalue weighted by Crippen LogP contribution is 2.25. The molecule has 2 unspecified atom stereocenters. The van der Waals surface area contributed by atoms with Crippen LogP contribution in [0.15, 0.2) is 29.2 Å². The van der Waals surface area contributed by atoms with Crippen LogP contribution in [0.25, 0.3) is 0 Å². The zero-order chi connectivity index (χ0) is 18.6. The number of unbranched alkanes of at least 4 members (excludes halogenated alkanes) is 1. The van der Waals surface area contributed by atoms with E-state index in [1.807, 2.05) is 13.8 Å². The van der Waals surface area contributed by atoms with Crippen molar-refractivity contribution in [1.82, 2.24) is 14.5 Å². The monoisotopic (exact) mass is 403 g/mol. The second-order valence-electron chi connectivity index (χ2n) is 6.68. The maximum atomic E-state index is 13.2. The molecule has 0 saturated carbocycles. The van der Waals surface area contributed by atoms with Crippen LogP contribution >= 0.6 is 12.4 Å². The average molecular weight is 404 g/mol. The van der Waals surface area contributed by atoms with E-state index in [0.717, 1.165) is 12.8 Å². The first-order valence-corrected chi connectivity index (χ1v) is 10.3. The van der Waals surface area contributed by atoms with Gasteiger partial charge in [0.1, 0.15) is 0 Å². The van der Waals surface area contributed by atoms with E-state index in [2.05, 4.69) is 12.2 Å². The van der Waals surface area contributed by atoms with Crippen LogP contribution in [0, 0.1) is 0 Å². The van der Waals surface area contributed by atoms with Gasteiger partial charge in [0.15, 0.2) is 0 Å². The Hall–Kier alpha value is -1.15. The van der Waals surface area contributed by atoms with E-state index in [4.69, 9.17) is 0 Å². The van der Waals surface area contributed by atoms with Gasteiger partial charge in [-0.05, 0) is 32.4 Å². The van der Waals surface area contributed by atoms with Crippen LogP contribution < -0.4 is 5.32 Å². The van der Waals surface area contributed by atoms with Gasteiger partial charge in [-0.2, -0.15) is 4.31 Å². The third-order valence-electron chi connectivity index (χ3n) is 4.87. The highest BCUT2D eigenvalue weighted by Gasteiger charge is 2.36. The molecule has 148 valence electrons. The normalized spacial score (nSPS) is 21.1. The predicted molar refractivity (Wildman–Crippen MR) is 106 cm³/mol. The molecular formula is C18H30ClN3O3S. The molecule has 0 aliphatic carbocycles. The van der Waals surface area contributed by atoms with E-state index in [1.54, 1.807) is 30.1 Å². The Morgan fingerprint density at radius 2 is 1.96 bits per heavy atom. The topological polar surface area (TPSA) is 69.7 Å². The summed E-state index contributed by atoms with van der Waals surface area (Å²) < 4.78 is 28.0. The molecule has 8 heteroatoms. The second kappa shape index (κ2) is 9.69. The Morgan fingerprint density at radius 3 is 2.62 bits per heavy atom. The zero-order valence-corrected chi connectivity index (χ0v) is 17.6. The molecule has 1 amide bonds. The maximum Gasteiger partial charge on any atom is 0.254 e. The molecule has 6 nitrogen and oxygen atoms in total. The second-order valence-corrected chi connectivity index (χ2v) is 8.53. The number of hydrogen-bond donors (Lipinski definition) is 1. The summed E-state index contributed by atoms with van der Waals surface area (Å²) in [5.41, 5.74) is 0.250. The summed E-state index contributed by atoms with van der Waals surface area (Å²) in [5, 5.41) is 3.28. The Labute approximate surface area is 163 Å². The minimum atomic E-state index is -3.73. The highest BCUT2D eigenvalue weighted by atomic mass is 35.5. The molecule has 1 heterocycles. The van der Waals surface area contributed by atoms with Gasteiger partial charge < -0.3 is 10.2 Å². The number of carbonyl (C=O) groups is 1. The molecule has 0 radical (unpaired) electrons. The number of hydrogen-bond acceptors (Lipinski definition) is 4. The van der Waals surface area contributed by atoms with Crippen LogP contribution in [0.5, 0.6) is 0 Å². The number of halogens is 1. The minimum absolute atomic E-state index is 0. The molecule has 1 aromatic carbocycles. The van der Waals surface area contributed by atoms with Gasteiger partial charge in [-0.15, -0.1) is 12.4 Å². The number of amides is 1. The van der Waals surface area contributed by atoms with Gasteiger partial charge >= 0.3 is 0 Å². The van der Waals surface area contributed by atoms with Gasteiger partial charge in [0, 0.05) is 38.8 Å². The summed E-state index contributed by atoms with van der Waals surface area (Å²) in [5.74, 6) is -0.247. The lowest BCUT2D eigenvalue weighted by Crippen LogP contribution is -2.57. The minimum Gasteiger partial charge on any atom is -0.342 e. The molecule has 1 aromatic rings. The van der Waals surface area contributed by atoms with Crippen LogP contribution in [0.2, 0.25) is 0 Å². The smallest absolute Gasteiger partial charge is 0.254 e. The molecule has 26 heavy (non-hydrogen) atoms. The van der Waals surface area contributed by atoms with Crippen molar-refractivity contribution >= 4 is 28.3 Å². The van der Waals surface area contributed by atoms with Crippen molar-refractivity contribution in [3.8, 4) is 0 Å². The highest BCUT2D eigenvalue weighted by molar-refractivity contribution is 7.89. The van der Waals surface area contributed by atoms with Gasteiger partial charge in [-0.1, -0.05) is 25.5 Å². The standard InChI is InChI=1S/C18H29N3O3S.ClH/c1-5-6-12-20(4)18(22)16-9-7-8-10-17(16)25(23,24)21-13-11-19-14(2)15(21)3;/h7-10,14-15,19H,5-6,11-13H2,1-4H3;1H. The zero-order valence-electron chi connectivity index (χ0n) is 15.9. The lowest BCUT2D eigenvalue weighted by Gasteiger charge is -2.37. The molecule has 1 aliphatic rings. The van der Waals surface area contributed by atoms with Crippen molar-refractivity contribution in [1.29, 1.82) is 0 Å². The van der Waals surface area contributed by atoms with E-state index < -0.39 is 10.0 Å². The maximum absolute atomic E-state index is 13.2. The quantitative estimate of drug-likeness (QED) is 0.791. The molecule has 2 rings (SSSR count). The Morgan fingerprint density at radius 1 is 1.31 bits per heavy atom. The Balaban J connectivity index is 0.00000338. The van der Waals surface area contributed by atoms with Crippen molar-refractivity contribution in [2.24, 2.45) is 0 Å². The summed E-state index contributed by atoms with van der Waals surface area (Å²) in [4.78, 5) is 14.5. The first-order chi connectivity index (χ1) is 11.8. The lowest BCUT2D eigenvalue weighted by molar-refractivity contribution is 0.0789. The molecule has 0 bridgehead atoms. The fourth-order valence-electron chi connectivity index (χ4n) is 3.06. The third kappa shape index (κ3) is 4.76. The number of piperazine rings is 1. The molecule has 1 saturated heterocycles. The third-order valence-corrected chi connectivity index (χ3v) is 6.92. The van der Waals surface area contributed by atoms with E-state index >= 15 is 0 Å². The van der Waals surface area contributed by atoms with Crippen molar-refractivity contribution in [3.63, 3.8) is 0 Å². The predicted octanol–water partition coefficient (Wildman–Crippen LogP) is 2.35. The van der Waals surface area contributed by atoms with E-state index in [9.17, 15) is 13.2 Å². The molecule has 1 N–H and O–H groups in total. The van der Waals surface area contributed by atoms with Gasteiger partial charge in [-0.25, -0.2) is 8.42 Å². The summed E-state index contributed by atoms with van der Waals surface area (Å²) in [6.45, 7) is 7.56.